The van der Waals surface area contributed by atoms with Crippen LogP contribution < -0.4 is 11.2 Å². The SMILES string of the molecule is O=c1ccn(C2=CN3C=CC=CC3C=N2)c(=O)[nH]1. The maximum Gasteiger partial charge on any atom is 0.334 e. The molecule has 1 N–H and O–H groups in total. The lowest BCUT2D eigenvalue weighted by molar-refractivity contribution is 0.499. The number of allylic oxidation sites excluding steroid dienone is 2. The second-order valence-electron chi connectivity index (χ2n) is 3.91. The van der Waals surface area contributed by atoms with Gasteiger partial charge in [0.15, 0.2) is 5.82 Å². The molecule has 6 nitrogen and oxygen atoms in total. The number of rotatable bonds is 1. The smallest absolute Gasteiger partial charge is 0.334 e. The van der Waals surface area contributed by atoms with Gasteiger partial charge in [-0.3, -0.25) is 14.3 Å². The van der Waals surface area contributed by atoms with E-state index in [9.17, 15) is 9.59 Å². The highest BCUT2D eigenvalue weighted by atomic mass is 16.2. The van der Waals surface area contributed by atoms with Gasteiger partial charge in [-0.2, -0.15) is 0 Å². The molecule has 2 aliphatic rings. The fourth-order valence-electron chi connectivity index (χ4n) is 1.82. The molecule has 0 radical (unpaired) electrons. The van der Waals surface area contributed by atoms with E-state index in [1.165, 1.54) is 16.8 Å². The van der Waals surface area contributed by atoms with Crippen LogP contribution in [0.25, 0.3) is 5.82 Å². The number of nitrogens with zero attached hydrogens (tertiary/aromatic N) is 3. The van der Waals surface area contributed by atoms with Crippen molar-refractivity contribution in [1.82, 2.24) is 14.5 Å². The monoisotopic (exact) mass is 242 g/mol. The quantitative estimate of drug-likeness (QED) is 0.761. The summed E-state index contributed by atoms with van der Waals surface area (Å²) in [6.45, 7) is 0. The molecule has 3 heterocycles. The van der Waals surface area contributed by atoms with E-state index in [2.05, 4.69) is 9.98 Å². The predicted molar refractivity (Wildman–Crippen MR) is 68.0 cm³/mol. The zero-order chi connectivity index (χ0) is 12.5. The van der Waals surface area contributed by atoms with Gasteiger partial charge in [-0.05, 0) is 6.08 Å². The highest BCUT2D eigenvalue weighted by Gasteiger charge is 2.16. The van der Waals surface area contributed by atoms with Gasteiger partial charge >= 0.3 is 5.69 Å². The van der Waals surface area contributed by atoms with Crippen LogP contribution in [-0.2, 0) is 0 Å². The van der Waals surface area contributed by atoms with Crippen LogP contribution in [0.3, 0.4) is 0 Å². The van der Waals surface area contributed by atoms with Crippen molar-refractivity contribution in [3.05, 3.63) is 63.7 Å². The zero-order valence-corrected chi connectivity index (χ0v) is 9.35. The third-order valence-corrected chi connectivity index (χ3v) is 2.72. The lowest BCUT2D eigenvalue weighted by Gasteiger charge is -2.27. The molecular formula is C12H10N4O2. The lowest BCUT2D eigenvalue weighted by atomic mass is 10.2. The van der Waals surface area contributed by atoms with Crippen molar-refractivity contribution in [3.63, 3.8) is 0 Å². The standard InChI is InChI=1S/C12H10N4O2/c17-11-4-6-16(12(18)14-11)10-8-15-5-2-1-3-9(15)7-13-10/h1-9H,(H,14,17,18). The van der Waals surface area contributed by atoms with Gasteiger partial charge in [-0.1, -0.05) is 12.2 Å². The Kier molecular flexibility index (Phi) is 2.33. The second-order valence-corrected chi connectivity index (χ2v) is 3.91. The van der Waals surface area contributed by atoms with Gasteiger partial charge in [-0.25, -0.2) is 9.79 Å². The molecule has 18 heavy (non-hydrogen) atoms. The fourth-order valence-corrected chi connectivity index (χ4v) is 1.82. The Morgan fingerprint density at radius 3 is 3.00 bits per heavy atom. The number of nitrogens with one attached hydrogen (secondary N) is 1. The molecular weight excluding hydrogens is 232 g/mol. The highest BCUT2D eigenvalue weighted by Crippen LogP contribution is 2.16. The third kappa shape index (κ3) is 1.73. The minimum atomic E-state index is -0.499. The number of hydrogen-bond acceptors (Lipinski definition) is 4. The lowest BCUT2D eigenvalue weighted by Crippen LogP contribution is -2.33. The summed E-state index contributed by atoms with van der Waals surface area (Å²) in [6, 6.07) is 1.37. The topological polar surface area (TPSA) is 70.5 Å². The van der Waals surface area contributed by atoms with E-state index in [0.717, 1.165) is 0 Å². The van der Waals surface area contributed by atoms with E-state index in [0.29, 0.717) is 5.82 Å². The van der Waals surface area contributed by atoms with Crippen LogP contribution in [-0.4, -0.2) is 26.7 Å². The van der Waals surface area contributed by atoms with Crippen molar-refractivity contribution in [2.75, 3.05) is 0 Å². The average molecular weight is 242 g/mol. The Labute approximate surface area is 102 Å². The Bertz CT molecular complexity index is 705. The summed E-state index contributed by atoms with van der Waals surface area (Å²) in [4.78, 5) is 31.0. The molecule has 1 aromatic rings. The zero-order valence-electron chi connectivity index (χ0n) is 9.35. The molecule has 3 rings (SSSR count). The first-order chi connectivity index (χ1) is 8.74. The van der Waals surface area contributed by atoms with E-state index in [4.69, 9.17) is 0 Å². The van der Waals surface area contributed by atoms with Crippen molar-refractivity contribution in [3.8, 4) is 0 Å². The summed E-state index contributed by atoms with van der Waals surface area (Å²) in [5.74, 6) is 0.465. The fraction of sp³-hybridized carbons (Fsp3) is 0.0833. The van der Waals surface area contributed by atoms with Gasteiger partial charge in [0.25, 0.3) is 5.56 Å². The maximum absolute atomic E-state index is 11.6. The van der Waals surface area contributed by atoms with Crippen LogP contribution in [0, 0.1) is 0 Å². The summed E-state index contributed by atoms with van der Waals surface area (Å²) < 4.78 is 1.29. The van der Waals surface area contributed by atoms with Gasteiger partial charge in [0.05, 0.1) is 6.04 Å². The van der Waals surface area contributed by atoms with Gasteiger partial charge in [0.1, 0.15) is 0 Å². The molecule has 0 saturated carbocycles. The predicted octanol–water partition coefficient (Wildman–Crippen LogP) is 0.131. The van der Waals surface area contributed by atoms with Crippen LogP contribution >= 0.6 is 0 Å². The Morgan fingerprint density at radius 2 is 2.17 bits per heavy atom. The van der Waals surface area contributed by atoms with E-state index < -0.39 is 11.2 Å². The molecule has 0 aromatic carbocycles. The average Bonchev–Trinajstić information content (AvgIpc) is 2.38. The van der Waals surface area contributed by atoms with Crippen molar-refractivity contribution in [2.45, 2.75) is 6.04 Å². The molecule has 0 saturated heterocycles. The highest BCUT2D eigenvalue weighted by molar-refractivity contribution is 5.76. The van der Waals surface area contributed by atoms with Crippen LogP contribution in [0.4, 0.5) is 0 Å². The minimum Gasteiger partial charge on any atom is -0.339 e. The summed E-state index contributed by atoms with van der Waals surface area (Å²) >= 11 is 0. The van der Waals surface area contributed by atoms with E-state index in [-0.39, 0.29) is 6.04 Å². The summed E-state index contributed by atoms with van der Waals surface area (Å²) in [6.07, 6.45) is 12.6. The number of aliphatic imine (C=N–C) groups is 1. The molecule has 0 amide bonds. The Hall–Kier alpha value is -2.63. The molecule has 0 spiro atoms. The van der Waals surface area contributed by atoms with Gasteiger partial charge in [-0.15, -0.1) is 0 Å². The first kappa shape index (κ1) is 10.5. The Morgan fingerprint density at radius 1 is 1.28 bits per heavy atom. The van der Waals surface area contributed by atoms with Gasteiger partial charge in [0.2, 0.25) is 0 Å². The largest absolute Gasteiger partial charge is 0.339 e. The normalized spacial score (nSPS) is 20.8. The second kappa shape index (κ2) is 3.99. The molecule has 1 aromatic heterocycles. The van der Waals surface area contributed by atoms with Gasteiger partial charge < -0.3 is 4.90 Å². The van der Waals surface area contributed by atoms with E-state index >= 15 is 0 Å². The van der Waals surface area contributed by atoms with Crippen molar-refractivity contribution >= 4 is 12.0 Å². The molecule has 90 valence electrons. The molecule has 0 aliphatic carbocycles. The Balaban J connectivity index is 2.03. The van der Waals surface area contributed by atoms with Gasteiger partial charge in [0, 0.05) is 30.9 Å². The van der Waals surface area contributed by atoms with E-state index in [1.54, 1.807) is 12.4 Å². The van der Waals surface area contributed by atoms with Crippen LogP contribution in [0.2, 0.25) is 0 Å². The van der Waals surface area contributed by atoms with Crippen molar-refractivity contribution < 1.29 is 0 Å². The minimum absolute atomic E-state index is 0.0808. The first-order valence-electron chi connectivity index (χ1n) is 5.45. The molecule has 6 heteroatoms. The van der Waals surface area contributed by atoms with Crippen LogP contribution in [0.15, 0.2) is 57.5 Å². The third-order valence-electron chi connectivity index (χ3n) is 2.72. The maximum atomic E-state index is 11.6. The molecule has 0 bridgehead atoms. The van der Waals surface area contributed by atoms with Crippen molar-refractivity contribution in [2.24, 2.45) is 4.99 Å². The summed E-state index contributed by atoms with van der Waals surface area (Å²) in [5, 5.41) is 0. The van der Waals surface area contributed by atoms with Crippen molar-refractivity contribution in [1.29, 1.82) is 0 Å². The molecule has 0 fully saturated rings. The molecule has 1 unspecified atom stereocenters. The van der Waals surface area contributed by atoms with Crippen LogP contribution in [0.1, 0.15) is 0 Å². The number of aromatic amines is 1. The van der Waals surface area contributed by atoms with Crippen LogP contribution in [0.5, 0.6) is 0 Å². The summed E-state index contributed by atoms with van der Waals surface area (Å²) in [5.41, 5.74) is -0.920. The first-order valence-corrected chi connectivity index (χ1v) is 5.45. The molecule has 1 atom stereocenters. The number of fused-ring (bicyclic) bond motifs is 1. The number of aromatic nitrogens is 2. The molecule has 2 aliphatic heterocycles. The number of H-pyrrole nitrogens is 1. The summed E-state index contributed by atoms with van der Waals surface area (Å²) in [7, 11) is 0. The van der Waals surface area contributed by atoms with E-state index in [1.807, 2.05) is 29.3 Å². The number of hydrogen-bond donors (Lipinski definition) is 1.